The number of carbonyl (C=O) groups excluding carboxylic acids is 1. The Hall–Kier alpha value is -3.55. The van der Waals surface area contributed by atoms with Gasteiger partial charge in [0.05, 0.1) is 12.9 Å². The van der Waals surface area contributed by atoms with E-state index >= 15 is 0 Å². The number of furan rings is 1. The second kappa shape index (κ2) is 8.22. The van der Waals surface area contributed by atoms with Gasteiger partial charge in [0.1, 0.15) is 17.6 Å². The molecule has 29 heavy (non-hydrogen) atoms. The Labute approximate surface area is 167 Å². The number of hydrogen-bond acceptors (Lipinski definition) is 8. The molecule has 150 valence electrons. The summed E-state index contributed by atoms with van der Waals surface area (Å²) in [6.45, 7) is 4.31. The monoisotopic (exact) mass is 396 g/mol. The van der Waals surface area contributed by atoms with Crippen molar-refractivity contribution in [3.05, 3.63) is 53.6 Å². The molecule has 0 N–H and O–H groups in total. The minimum Gasteiger partial charge on any atom is -0.493 e. The lowest BCUT2D eigenvalue weighted by molar-refractivity contribution is -0.139. The molecular weight excluding hydrogens is 376 g/mol. The number of carbonyl (C=O) groups is 1. The third-order valence-electron chi connectivity index (χ3n) is 4.26. The van der Waals surface area contributed by atoms with E-state index in [9.17, 15) is 4.79 Å². The number of nitrogens with zero attached hydrogens (tertiary/aromatic N) is 2. The first-order valence-electron chi connectivity index (χ1n) is 9.30. The molecule has 8 heteroatoms. The topological polar surface area (TPSA) is 96.8 Å². The molecule has 4 rings (SSSR count). The third kappa shape index (κ3) is 4.31. The first-order valence-corrected chi connectivity index (χ1v) is 9.30. The summed E-state index contributed by atoms with van der Waals surface area (Å²) in [6.07, 6.45) is 5.44. The van der Waals surface area contributed by atoms with Crippen LogP contribution < -0.4 is 9.47 Å². The van der Waals surface area contributed by atoms with E-state index in [4.69, 9.17) is 23.0 Å². The van der Waals surface area contributed by atoms with Crippen molar-refractivity contribution in [1.82, 2.24) is 10.2 Å². The van der Waals surface area contributed by atoms with Crippen molar-refractivity contribution < 1.29 is 27.8 Å². The highest BCUT2D eigenvalue weighted by Gasteiger charge is 2.21. The standard InChI is InChI=1S/C21H20N2O6/c1-3-25-17-11-15-9-13(2)28-18(15)10-14(17)6-7-20(24)27-12-19-22-23-21(29-19)16-5-4-8-26-16/h4-8,10-11,13H,3,9,12H2,1-2H3/b7-6+/t13-/m1/s1. The first-order chi connectivity index (χ1) is 14.1. The largest absolute Gasteiger partial charge is 0.493 e. The summed E-state index contributed by atoms with van der Waals surface area (Å²) < 4.78 is 27.2. The van der Waals surface area contributed by atoms with E-state index in [1.54, 1.807) is 18.2 Å². The molecule has 3 heterocycles. The summed E-state index contributed by atoms with van der Waals surface area (Å²) in [5.41, 5.74) is 1.85. The van der Waals surface area contributed by atoms with Crippen molar-refractivity contribution in [2.24, 2.45) is 0 Å². The van der Waals surface area contributed by atoms with Gasteiger partial charge in [0.15, 0.2) is 12.4 Å². The van der Waals surface area contributed by atoms with Crippen molar-refractivity contribution in [1.29, 1.82) is 0 Å². The van der Waals surface area contributed by atoms with Crippen molar-refractivity contribution in [2.75, 3.05) is 6.61 Å². The van der Waals surface area contributed by atoms with Gasteiger partial charge in [-0.3, -0.25) is 0 Å². The molecule has 0 bridgehead atoms. The highest BCUT2D eigenvalue weighted by Crippen LogP contribution is 2.35. The summed E-state index contributed by atoms with van der Waals surface area (Å²) in [4.78, 5) is 12.1. The van der Waals surface area contributed by atoms with Crippen LogP contribution in [-0.4, -0.2) is 28.9 Å². The van der Waals surface area contributed by atoms with Crippen molar-refractivity contribution >= 4 is 12.0 Å². The maximum absolute atomic E-state index is 12.1. The van der Waals surface area contributed by atoms with Crippen LogP contribution in [0, 0.1) is 0 Å². The molecule has 1 atom stereocenters. The number of rotatable bonds is 7. The lowest BCUT2D eigenvalue weighted by atomic mass is 10.1. The van der Waals surface area contributed by atoms with E-state index in [1.807, 2.05) is 26.0 Å². The Morgan fingerprint density at radius 1 is 1.34 bits per heavy atom. The molecule has 3 aromatic rings. The van der Waals surface area contributed by atoms with Crippen molar-refractivity contribution in [3.8, 4) is 23.1 Å². The molecule has 1 aromatic carbocycles. The summed E-state index contributed by atoms with van der Waals surface area (Å²) in [5, 5.41) is 7.68. The van der Waals surface area contributed by atoms with E-state index in [2.05, 4.69) is 10.2 Å². The van der Waals surface area contributed by atoms with Crippen LogP contribution in [0.1, 0.15) is 30.9 Å². The molecule has 0 saturated heterocycles. The second-order valence-corrected chi connectivity index (χ2v) is 6.48. The van der Waals surface area contributed by atoms with Gasteiger partial charge in [-0.15, -0.1) is 10.2 Å². The zero-order valence-corrected chi connectivity index (χ0v) is 16.1. The van der Waals surface area contributed by atoms with Crippen molar-refractivity contribution in [2.45, 2.75) is 33.0 Å². The fourth-order valence-electron chi connectivity index (χ4n) is 3.02. The number of benzene rings is 1. The van der Waals surface area contributed by atoms with Gasteiger partial charge in [0, 0.05) is 23.6 Å². The molecule has 2 aromatic heterocycles. The van der Waals surface area contributed by atoms with Gasteiger partial charge in [0.2, 0.25) is 0 Å². The Morgan fingerprint density at radius 3 is 3.03 bits per heavy atom. The molecule has 0 aliphatic carbocycles. The predicted molar refractivity (Wildman–Crippen MR) is 102 cm³/mol. The average Bonchev–Trinajstić information content (AvgIpc) is 3.44. The molecule has 8 nitrogen and oxygen atoms in total. The van der Waals surface area contributed by atoms with Gasteiger partial charge in [-0.05, 0) is 44.2 Å². The maximum Gasteiger partial charge on any atom is 0.331 e. The van der Waals surface area contributed by atoms with E-state index in [0.29, 0.717) is 18.1 Å². The number of aromatic nitrogens is 2. The Bertz CT molecular complexity index is 1020. The summed E-state index contributed by atoms with van der Waals surface area (Å²) in [5.74, 6) is 1.82. The van der Waals surface area contributed by atoms with Crippen molar-refractivity contribution in [3.63, 3.8) is 0 Å². The highest BCUT2D eigenvalue weighted by molar-refractivity contribution is 5.87. The van der Waals surface area contributed by atoms with E-state index in [0.717, 1.165) is 23.3 Å². The first kappa shape index (κ1) is 18.8. The molecule has 0 unspecified atom stereocenters. The number of fused-ring (bicyclic) bond motifs is 1. The Kier molecular flexibility index (Phi) is 5.33. The highest BCUT2D eigenvalue weighted by atomic mass is 16.5. The van der Waals surface area contributed by atoms with Gasteiger partial charge < -0.3 is 23.0 Å². The molecule has 0 saturated carbocycles. The van der Waals surface area contributed by atoms with Gasteiger partial charge >= 0.3 is 5.97 Å². The number of ether oxygens (including phenoxy) is 3. The van der Waals surface area contributed by atoms with Gasteiger partial charge in [-0.1, -0.05) is 0 Å². The smallest absolute Gasteiger partial charge is 0.331 e. The van der Waals surface area contributed by atoms with Crippen LogP contribution in [0.4, 0.5) is 0 Å². The van der Waals surface area contributed by atoms with Crippen LogP contribution in [0.5, 0.6) is 11.5 Å². The molecular formula is C21H20N2O6. The van der Waals surface area contributed by atoms with Gasteiger partial charge in [-0.25, -0.2) is 4.79 Å². The predicted octanol–water partition coefficient (Wildman–Crippen LogP) is 3.81. The van der Waals surface area contributed by atoms with Crippen LogP contribution in [0.25, 0.3) is 17.7 Å². The zero-order valence-electron chi connectivity index (χ0n) is 16.1. The second-order valence-electron chi connectivity index (χ2n) is 6.48. The normalized spacial score (nSPS) is 15.3. The minimum absolute atomic E-state index is 0.129. The van der Waals surface area contributed by atoms with Crippen LogP contribution in [0.2, 0.25) is 0 Å². The number of hydrogen-bond donors (Lipinski definition) is 0. The maximum atomic E-state index is 12.1. The zero-order chi connectivity index (χ0) is 20.2. The van der Waals surface area contributed by atoms with E-state index in [-0.39, 0.29) is 24.5 Å². The molecule has 0 amide bonds. The summed E-state index contributed by atoms with van der Waals surface area (Å²) >= 11 is 0. The van der Waals surface area contributed by atoms with Crippen LogP contribution in [-0.2, 0) is 22.6 Å². The van der Waals surface area contributed by atoms with Crippen LogP contribution in [0.3, 0.4) is 0 Å². The summed E-state index contributed by atoms with van der Waals surface area (Å²) in [6, 6.07) is 7.25. The molecule has 0 fully saturated rings. The molecule has 1 aliphatic rings. The van der Waals surface area contributed by atoms with Crippen LogP contribution >= 0.6 is 0 Å². The number of esters is 1. The minimum atomic E-state index is -0.542. The SMILES string of the molecule is CCOc1cc2c(cc1/C=C/C(=O)OCc1nnc(-c3ccco3)o1)O[C@H](C)C2. The van der Waals surface area contributed by atoms with E-state index in [1.165, 1.54) is 12.3 Å². The molecule has 0 spiro atoms. The fourth-order valence-corrected chi connectivity index (χ4v) is 3.02. The summed E-state index contributed by atoms with van der Waals surface area (Å²) in [7, 11) is 0. The van der Waals surface area contributed by atoms with E-state index < -0.39 is 5.97 Å². The van der Waals surface area contributed by atoms with Gasteiger partial charge in [-0.2, -0.15) is 0 Å². The Morgan fingerprint density at radius 2 is 2.24 bits per heavy atom. The van der Waals surface area contributed by atoms with Crippen LogP contribution in [0.15, 0.2) is 45.4 Å². The van der Waals surface area contributed by atoms with Gasteiger partial charge in [0.25, 0.3) is 11.8 Å². The lowest BCUT2D eigenvalue weighted by Gasteiger charge is -2.10. The molecule has 0 radical (unpaired) electrons. The fraction of sp³-hybridized carbons (Fsp3) is 0.286. The quantitative estimate of drug-likeness (QED) is 0.439. The third-order valence-corrected chi connectivity index (χ3v) is 4.26. The molecule has 1 aliphatic heterocycles. The lowest BCUT2D eigenvalue weighted by Crippen LogP contribution is -2.05. The Balaban J connectivity index is 1.40. The average molecular weight is 396 g/mol.